The quantitative estimate of drug-likeness (QED) is 0.427. The highest BCUT2D eigenvalue weighted by atomic mass is 28.3. The maximum Gasteiger partial charge on any atom is 0.199 e. The molecule has 0 bridgehead atoms. The van der Waals surface area contributed by atoms with Crippen LogP contribution in [0.5, 0.6) is 0 Å². The monoisotopic (exact) mass is 184 g/mol. The zero-order valence-corrected chi connectivity index (χ0v) is 9.12. The molecule has 1 heteroatoms. The van der Waals surface area contributed by atoms with Gasteiger partial charge < -0.3 is 0 Å². The van der Waals surface area contributed by atoms with Gasteiger partial charge in [-0.3, -0.25) is 0 Å². The zero-order valence-electron chi connectivity index (χ0n) is 7.96. The fourth-order valence-corrected chi connectivity index (χ4v) is 1.85. The molecule has 0 radical (unpaired) electrons. The van der Waals surface area contributed by atoms with Gasteiger partial charge in [-0.25, -0.2) is 0 Å². The third-order valence-electron chi connectivity index (χ3n) is 1.57. The molecule has 0 nitrogen and oxygen atoms in total. The van der Waals surface area contributed by atoms with Crippen molar-refractivity contribution in [3.05, 3.63) is 35.9 Å². The van der Waals surface area contributed by atoms with Crippen LogP contribution < -0.4 is 0 Å². The Balaban J connectivity index is 2.71. The molecular weight excluding hydrogens is 172 g/mol. The molecular formula is C12H12Si. The van der Waals surface area contributed by atoms with Crippen molar-refractivity contribution in [2.45, 2.75) is 13.5 Å². The average molecular weight is 184 g/mol. The molecule has 0 saturated carbocycles. The fraction of sp³-hybridized carbons (Fsp3) is 0.167. The van der Waals surface area contributed by atoms with E-state index in [1.807, 2.05) is 37.3 Å². The summed E-state index contributed by atoms with van der Waals surface area (Å²) < 4.78 is 0. The van der Waals surface area contributed by atoms with Gasteiger partial charge in [0, 0.05) is 5.56 Å². The molecule has 0 amide bonds. The second kappa shape index (κ2) is 5.25. The van der Waals surface area contributed by atoms with Crippen molar-refractivity contribution >= 4 is 8.80 Å². The molecule has 1 atom stereocenters. The van der Waals surface area contributed by atoms with Crippen LogP contribution in [0.25, 0.3) is 0 Å². The summed E-state index contributed by atoms with van der Waals surface area (Å²) >= 11 is 0. The maximum atomic E-state index is 3.22. The van der Waals surface area contributed by atoms with Gasteiger partial charge in [-0.15, -0.1) is 17.0 Å². The normalized spacial score (nSPS) is 10.3. The Morgan fingerprint density at radius 2 is 1.77 bits per heavy atom. The third-order valence-corrected chi connectivity index (χ3v) is 2.87. The first-order valence-electron chi connectivity index (χ1n) is 4.32. The Hall–Kier alpha value is -1.44. The van der Waals surface area contributed by atoms with Crippen LogP contribution in [-0.2, 0) is 0 Å². The highest BCUT2D eigenvalue weighted by Gasteiger charge is 1.90. The van der Waals surface area contributed by atoms with Gasteiger partial charge in [0.15, 0.2) is 8.80 Å². The van der Waals surface area contributed by atoms with E-state index in [9.17, 15) is 0 Å². The lowest BCUT2D eigenvalue weighted by Gasteiger charge is -1.88. The Labute approximate surface area is 81.6 Å². The largest absolute Gasteiger partial charge is 0.199 e. The third kappa shape index (κ3) is 3.65. The van der Waals surface area contributed by atoms with E-state index in [4.69, 9.17) is 0 Å². The summed E-state index contributed by atoms with van der Waals surface area (Å²) in [6, 6.07) is 10.0. The summed E-state index contributed by atoms with van der Waals surface area (Å²) in [6.45, 7) is 4.01. The van der Waals surface area contributed by atoms with E-state index in [1.54, 1.807) is 0 Å². The standard InChI is InChI=1S/C12H12Si/c1-3-10-13(2)11-9-12-7-5-4-6-8-12/h4-8,13H,1-2H3. The molecule has 0 heterocycles. The predicted octanol–water partition coefficient (Wildman–Crippen LogP) is 2.00. The average Bonchev–Trinajstić information content (AvgIpc) is 2.17. The summed E-state index contributed by atoms with van der Waals surface area (Å²) in [5.41, 5.74) is 7.43. The maximum absolute atomic E-state index is 3.22. The van der Waals surface area contributed by atoms with Crippen molar-refractivity contribution in [1.82, 2.24) is 0 Å². The van der Waals surface area contributed by atoms with Crippen LogP contribution in [0, 0.1) is 22.9 Å². The van der Waals surface area contributed by atoms with Gasteiger partial charge in [0.1, 0.15) is 0 Å². The first-order chi connectivity index (χ1) is 6.33. The molecule has 0 saturated heterocycles. The second-order valence-electron chi connectivity index (χ2n) is 2.75. The highest BCUT2D eigenvalue weighted by molar-refractivity contribution is 6.74. The summed E-state index contributed by atoms with van der Waals surface area (Å²) in [5.74, 6) is 6.05. The molecule has 0 fully saturated rings. The van der Waals surface area contributed by atoms with Crippen LogP contribution >= 0.6 is 0 Å². The van der Waals surface area contributed by atoms with Crippen LogP contribution in [0.4, 0.5) is 0 Å². The molecule has 0 N–H and O–H groups in total. The Kier molecular flexibility index (Phi) is 3.89. The summed E-state index contributed by atoms with van der Waals surface area (Å²) in [6.07, 6.45) is 0. The van der Waals surface area contributed by atoms with E-state index < -0.39 is 8.80 Å². The van der Waals surface area contributed by atoms with Gasteiger partial charge in [-0.1, -0.05) is 30.7 Å². The summed E-state index contributed by atoms with van der Waals surface area (Å²) in [5, 5.41) is 0. The number of hydrogen-bond acceptors (Lipinski definition) is 0. The molecule has 0 aliphatic carbocycles. The van der Waals surface area contributed by atoms with Crippen molar-refractivity contribution in [3.8, 4) is 22.9 Å². The molecule has 64 valence electrons. The molecule has 0 aromatic heterocycles. The van der Waals surface area contributed by atoms with Gasteiger partial charge in [-0.05, 0) is 19.1 Å². The zero-order chi connectivity index (χ0) is 9.52. The minimum Gasteiger partial charge on any atom is -0.120 e. The van der Waals surface area contributed by atoms with Crippen LogP contribution in [0.2, 0.25) is 6.55 Å². The lowest BCUT2D eigenvalue weighted by molar-refractivity contribution is 1.65. The summed E-state index contributed by atoms with van der Waals surface area (Å²) in [7, 11) is -1.09. The summed E-state index contributed by atoms with van der Waals surface area (Å²) in [4.78, 5) is 0. The van der Waals surface area contributed by atoms with E-state index in [0.717, 1.165) is 5.56 Å². The van der Waals surface area contributed by atoms with Gasteiger partial charge in [-0.2, -0.15) is 0 Å². The number of benzene rings is 1. The molecule has 1 aromatic rings. The Morgan fingerprint density at radius 1 is 1.08 bits per heavy atom. The fourth-order valence-electron chi connectivity index (χ4n) is 0.966. The number of rotatable bonds is 0. The smallest absolute Gasteiger partial charge is 0.120 e. The minimum atomic E-state index is -1.09. The molecule has 0 spiro atoms. The van der Waals surface area contributed by atoms with Crippen molar-refractivity contribution in [2.24, 2.45) is 0 Å². The lowest BCUT2D eigenvalue weighted by atomic mass is 10.2. The molecule has 0 aliphatic rings. The molecule has 1 rings (SSSR count). The minimum absolute atomic E-state index is 1.08. The van der Waals surface area contributed by atoms with E-state index in [-0.39, 0.29) is 0 Å². The van der Waals surface area contributed by atoms with Gasteiger partial charge >= 0.3 is 0 Å². The van der Waals surface area contributed by atoms with Crippen LogP contribution in [0.15, 0.2) is 30.3 Å². The predicted molar refractivity (Wildman–Crippen MR) is 59.8 cm³/mol. The van der Waals surface area contributed by atoms with Crippen LogP contribution in [0.3, 0.4) is 0 Å². The van der Waals surface area contributed by atoms with Crippen molar-refractivity contribution in [3.63, 3.8) is 0 Å². The van der Waals surface area contributed by atoms with Crippen molar-refractivity contribution < 1.29 is 0 Å². The van der Waals surface area contributed by atoms with Gasteiger partial charge in [0.25, 0.3) is 0 Å². The SMILES string of the molecule is CC#C[SiH](C)C#Cc1ccccc1. The Bertz CT molecular complexity index is 370. The van der Waals surface area contributed by atoms with E-state index in [2.05, 4.69) is 29.5 Å². The van der Waals surface area contributed by atoms with Gasteiger partial charge in [0.05, 0.1) is 0 Å². The first kappa shape index (κ1) is 9.64. The first-order valence-corrected chi connectivity index (χ1v) is 6.62. The molecule has 13 heavy (non-hydrogen) atoms. The van der Waals surface area contributed by atoms with Crippen LogP contribution in [-0.4, -0.2) is 8.80 Å². The molecule has 1 aromatic carbocycles. The van der Waals surface area contributed by atoms with E-state index >= 15 is 0 Å². The van der Waals surface area contributed by atoms with Gasteiger partial charge in [0.2, 0.25) is 0 Å². The Morgan fingerprint density at radius 3 is 2.38 bits per heavy atom. The van der Waals surface area contributed by atoms with Crippen molar-refractivity contribution in [1.29, 1.82) is 0 Å². The van der Waals surface area contributed by atoms with E-state index in [1.165, 1.54) is 0 Å². The lowest BCUT2D eigenvalue weighted by Crippen LogP contribution is -1.98. The van der Waals surface area contributed by atoms with Crippen molar-refractivity contribution in [2.75, 3.05) is 0 Å². The van der Waals surface area contributed by atoms with Crippen LogP contribution in [0.1, 0.15) is 12.5 Å². The van der Waals surface area contributed by atoms with E-state index in [0.29, 0.717) is 0 Å². The topological polar surface area (TPSA) is 0 Å². The number of hydrogen-bond donors (Lipinski definition) is 0. The second-order valence-corrected chi connectivity index (χ2v) is 4.77. The highest BCUT2D eigenvalue weighted by Crippen LogP contribution is 1.94. The molecule has 0 aliphatic heterocycles. The molecule has 1 unspecified atom stereocenters.